The quantitative estimate of drug-likeness (QED) is 0.876. The molecule has 0 spiro atoms. The molecule has 1 aromatic carbocycles. The van der Waals surface area contributed by atoms with Gasteiger partial charge in [0, 0.05) is 6.04 Å². The number of aliphatic hydroxyl groups excluding tert-OH is 1. The number of hydrogen-bond donors (Lipinski definition) is 2. The largest absolute Gasteiger partial charge is 0.393 e. The molecule has 1 fully saturated rings. The van der Waals surface area contributed by atoms with Crippen LogP contribution in [0.1, 0.15) is 25.7 Å². The van der Waals surface area contributed by atoms with E-state index >= 15 is 0 Å². The summed E-state index contributed by atoms with van der Waals surface area (Å²) in [6, 6.07) is 3.39. The first-order valence-corrected chi connectivity index (χ1v) is 8.31. The summed E-state index contributed by atoms with van der Waals surface area (Å²) in [6.45, 7) is 0. The van der Waals surface area contributed by atoms with Crippen molar-refractivity contribution < 1.29 is 17.9 Å². The van der Waals surface area contributed by atoms with Gasteiger partial charge in [-0.15, -0.1) is 0 Å². The van der Waals surface area contributed by atoms with Gasteiger partial charge in [-0.05, 0) is 59.8 Å². The van der Waals surface area contributed by atoms with Gasteiger partial charge in [0.1, 0.15) is 5.82 Å². The van der Waals surface area contributed by atoms with Gasteiger partial charge in [-0.25, -0.2) is 17.5 Å². The van der Waals surface area contributed by atoms with Crippen molar-refractivity contribution in [2.45, 2.75) is 42.7 Å². The number of nitrogens with one attached hydrogen (secondary N) is 1. The fourth-order valence-corrected chi connectivity index (χ4v) is 3.74. The monoisotopic (exact) mass is 351 g/mol. The van der Waals surface area contributed by atoms with E-state index in [2.05, 4.69) is 20.7 Å². The fraction of sp³-hybridized carbons (Fsp3) is 0.500. The molecule has 1 saturated carbocycles. The number of rotatable bonds is 3. The van der Waals surface area contributed by atoms with Crippen LogP contribution in [0.5, 0.6) is 0 Å². The highest BCUT2D eigenvalue weighted by atomic mass is 79.9. The summed E-state index contributed by atoms with van der Waals surface area (Å²) in [5.74, 6) is -0.619. The smallest absolute Gasteiger partial charge is 0.240 e. The van der Waals surface area contributed by atoms with E-state index in [1.54, 1.807) is 0 Å². The summed E-state index contributed by atoms with van der Waals surface area (Å²) < 4.78 is 40.3. The molecule has 0 saturated heterocycles. The first kappa shape index (κ1) is 14.9. The van der Waals surface area contributed by atoms with Gasteiger partial charge in [0.05, 0.1) is 15.5 Å². The van der Waals surface area contributed by atoms with Crippen molar-refractivity contribution in [3.8, 4) is 0 Å². The Hall–Kier alpha value is -0.500. The molecule has 4 nitrogen and oxygen atoms in total. The molecule has 7 heteroatoms. The lowest BCUT2D eigenvalue weighted by atomic mass is 9.94. The van der Waals surface area contributed by atoms with Crippen LogP contribution >= 0.6 is 15.9 Å². The Morgan fingerprint density at radius 3 is 2.74 bits per heavy atom. The molecule has 0 radical (unpaired) electrons. The Labute approximate surface area is 120 Å². The molecule has 1 aliphatic rings. The van der Waals surface area contributed by atoms with E-state index in [0.29, 0.717) is 19.3 Å². The van der Waals surface area contributed by atoms with E-state index in [9.17, 15) is 17.9 Å². The SMILES string of the molecule is O=S(=O)(NC1CCCC(O)C1)c1ccc(Br)c(F)c1. The van der Waals surface area contributed by atoms with Crippen LogP contribution in [0.25, 0.3) is 0 Å². The molecule has 2 N–H and O–H groups in total. The van der Waals surface area contributed by atoms with Crippen molar-refractivity contribution in [3.05, 3.63) is 28.5 Å². The Balaban J connectivity index is 2.15. The Morgan fingerprint density at radius 1 is 1.37 bits per heavy atom. The second kappa shape index (κ2) is 5.87. The minimum absolute atomic E-state index is 0.103. The molecule has 1 aliphatic carbocycles. The van der Waals surface area contributed by atoms with E-state index < -0.39 is 21.9 Å². The number of hydrogen-bond acceptors (Lipinski definition) is 3. The topological polar surface area (TPSA) is 66.4 Å². The maximum absolute atomic E-state index is 13.4. The van der Waals surface area contributed by atoms with Crippen molar-refractivity contribution in [3.63, 3.8) is 0 Å². The molecule has 2 atom stereocenters. The van der Waals surface area contributed by atoms with E-state index in [-0.39, 0.29) is 15.4 Å². The van der Waals surface area contributed by atoms with Gasteiger partial charge in [0.2, 0.25) is 10.0 Å². The van der Waals surface area contributed by atoms with Gasteiger partial charge in [-0.2, -0.15) is 0 Å². The van der Waals surface area contributed by atoms with Crippen LogP contribution in [0.3, 0.4) is 0 Å². The van der Waals surface area contributed by atoms with Crippen LogP contribution in [0.4, 0.5) is 4.39 Å². The van der Waals surface area contributed by atoms with Gasteiger partial charge in [0.25, 0.3) is 0 Å². The van der Waals surface area contributed by atoms with Gasteiger partial charge in [-0.3, -0.25) is 0 Å². The lowest BCUT2D eigenvalue weighted by Gasteiger charge is -2.26. The summed E-state index contributed by atoms with van der Waals surface area (Å²) in [5, 5.41) is 9.53. The Morgan fingerprint density at radius 2 is 2.11 bits per heavy atom. The molecule has 19 heavy (non-hydrogen) atoms. The van der Waals surface area contributed by atoms with E-state index in [4.69, 9.17) is 0 Å². The molecule has 2 rings (SSSR count). The summed E-state index contributed by atoms with van der Waals surface area (Å²) >= 11 is 2.98. The predicted molar refractivity (Wildman–Crippen MR) is 72.7 cm³/mol. The molecule has 0 aliphatic heterocycles. The minimum atomic E-state index is -3.74. The number of aliphatic hydroxyl groups is 1. The van der Waals surface area contributed by atoms with Crippen LogP contribution < -0.4 is 4.72 Å². The van der Waals surface area contributed by atoms with Crippen molar-refractivity contribution in [1.82, 2.24) is 4.72 Å². The second-order valence-corrected chi connectivity index (χ2v) is 7.28. The molecule has 0 bridgehead atoms. The molecular weight excluding hydrogens is 337 g/mol. The van der Waals surface area contributed by atoms with E-state index in [1.807, 2.05) is 0 Å². The fourth-order valence-electron chi connectivity index (χ4n) is 2.20. The molecule has 1 aromatic rings. The summed E-state index contributed by atoms with van der Waals surface area (Å²) in [6.07, 6.45) is 2.10. The highest BCUT2D eigenvalue weighted by Crippen LogP contribution is 2.22. The zero-order chi connectivity index (χ0) is 14.0. The average Bonchev–Trinajstić information content (AvgIpc) is 2.32. The van der Waals surface area contributed by atoms with Crippen LogP contribution in [-0.2, 0) is 10.0 Å². The van der Waals surface area contributed by atoms with Crippen molar-refractivity contribution in [2.24, 2.45) is 0 Å². The third-order valence-corrected chi connectivity index (χ3v) is 5.33. The lowest BCUT2D eigenvalue weighted by Crippen LogP contribution is -2.39. The molecule has 106 valence electrons. The Kier molecular flexibility index (Phi) is 4.60. The van der Waals surface area contributed by atoms with E-state index in [0.717, 1.165) is 12.5 Å². The lowest BCUT2D eigenvalue weighted by molar-refractivity contribution is 0.117. The standard InChI is InChI=1S/C12H15BrFNO3S/c13-11-5-4-10(7-12(11)14)19(17,18)15-8-2-1-3-9(16)6-8/h4-5,7-9,15-16H,1-3,6H2. The molecule has 2 unspecified atom stereocenters. The highest BCUT2D eigenvalue weighted by molar-refractivity contribution is 9.10. The van der Waals surface area contributed by atoms with Crippen molar-refractivity contribution in [2.75, 3.05) is 0 Å². The van der Waals surface area contributed by atoms with E-state index in [1.165, 1.54) is 12.1 Å². The van der Waals surface area contributed by atoms with Gasteiger partial charge in [-0.1, -0.05) is 0 Å². The normalized spacial score (nSPS) is 24.4. The van der Waals surface area contributed by atoms with Gasteiger partial charge < -0.3 is 5.11 Å². The summed E-state index contributed by atoms with van der Waals surface area (Å²) in [5.41, 5.74) is 0. The molecule has 0 aromatic heterocycles. The van der Waals surface area contributed by atoms with Crippen molar-refractivity contribution in [1.29, 1.82) is 0 Å². The predicted octanol–water partition coefficient (Wildman–Crippen LogP) is 2.17. The Bertz CT molecular complexity index is 564. The second-order valence-electron chi connectivity index (χ2n) is 4.71. The highest BCUT2D eigenvalue weighted by Gasteiger charge is 2.25. The van der Waals surface area contributed by atoms with Crippen LogP contribution in [0.2, 0.25) is 0 Å². The van der Waals surface area contributed by atoms with Crippen LogP contribution in [0.15, 0.2) is 27.6 Å². The van der Waals surface area contributed by atoms with Crippen molar-refractivity contribution >= 4 is 26.0 Å². The summed E-state index contributed by atoms with van der Waals surface area (Å²) in [7, 11) is -3.74. The summed E-state index contributed by atoms with van der Waals surface area (Å²) in [4.78, 5) is -0.103. The van der Waals surface area contributed by atoms with Gasteiger partial charge in [0.15, 0.2) is 0 Å². The van der Waals surface area contributed by atoms with Crippen LogP contribution in [-0.4, -0.2) is 25.7 Å². The molecule has 0 amide bonds. The minimum Gasteiger partial charge on any atom is -0.393 e. The van der Waals surface area contributed by atoms with Crippen LogP contribution in [0, 0.1) is 5.82 Å². The third-order valence-electron chi connectivity index (χ3n) is 3.17. The van der Waals surface area contributed by atoms with Gasteiger partial charge >= 0.3 is 0 Å². The number of halogens is 2. The molecular formula is C12H15BrFNO3S. The zero-order valence-electron chi connectivity index (χ0n) is 10.1. The first-order chi connectivity index (χ1) is 8.88. The first-order valence-electron chi connectivity index (χ1n) is 6.04. The maximum Gasteiger partial charge on any atom is 0.240 e. The average molecular weight is 352 g/mol. The number of sulfonamides is 1. The zero-order valence-corrected chi connectivity index (χ0v) is 12.5. The third kappa shape index (κ3) is 3.75. The molecule has 0 heterocycles. The number of benzene rings is 1. The maximum atomic E-state index is 13.4.